The molecule has 0 unspecified atom stereocenters. The molecule has 1 saturated heterocycles. The number of carbonyl (C=O) groups excluding carboxylic acids is 1. The molecule has 1 fully saturated rings. The number of nitrogens with zero attached hydrogens (tertiary/aromatic N) is 2. The van der Waals surface area contributed by atoms with Crippen molar-refractivity contribution in [2.24, 2.45) is 0 Å². The van der Waals surface area contributed by atoms with Crippen molar-refractivity contribution in [3.05, 3.63) is 0 Å². The topological polar surface area (TPSA) is 70.1 Å². The summed E-state index contributed by atoms with van der Waals surface area (Å²) in [5.74, 6) is -0.855. The van der Waals surface area contributed by atoms with Crippen molar-refractivity contribution in [2.45, 2.75) is 51.7 Å². The molecule has 0 saturated carbocycles. The van der Waals surface area contributed by atoms with Crippen molar-refractivity contribution in [1.82, 2.24) is 9.80 Å². The Morgan fingerprint density at radius 2 is 2.00 bits per heavy atom. The molecule has 1 atom stereocenters. The summed E-state index contributed by atoms with van der Waals surface area (Å²) in [4.78, 5) is 26.4. The molecular weight excluding hydrogens is 260 g/mol. The molecule has 1 amide bonds. The summed E-state index contributed by atoms with van der Waals surface area (Å²) in [6.45, 7) is 6.77. The number of carboxylic acid groups (broad SMARTS) is 1. The van der Waals surface area contributed by atoms with Crippen LogP contribution in [0, 0.1) is 0 Å². The SMILES string of the molecule is CN(CC(=O)O)C[C@H]1CCCCN1C(=O)OC(C)(C)C. The van der Waals surface area contributed by atoms with Crippen LogP contribution in [0.2, 0.25) is 0 Å². The van der Waals surface area contributed by atoms with Gasteiger partial charge in [0.1, 0.15) is 5.60 Å². The maximum atomic E-state index is 12.2. The van der Waals surface area contributed by atoms with Crippen molar-refractivity contribution in [1.29, 1.82) is 0 Å². The summed E-state index contributed by atoms with van der Waals surface area (Å²) in [6, 6.07) is 0.0305. The number of carboxylic acids is 1. The van der Waals surface area contributed by atoms with E-state index < -0.39 is 11.6 Å². The Bertz CT molecular complexity index is 352. The van der Waals surface area contributed by atoms with Crippen LogP contribution in [-0.4, -0.2) is 65.3 Å². The Balaban J connectivity index is 2.62. The average molecular weight is 286 g/mol. The summed E-state index contributed by atoms with van der Waals surface area (Å²) in [5, 5.41) is 8.79. The molecule has 1 N–H and O–H groups in total. The number of hydrogen-bond acceptors (Lipinski definition) is 4. The standard InChI is InChI=1S/C14H26N2O4/c1-14(2,3)20-13(19)16-8-6-5-7-11(16)9-15(4)10-12(17)18/h11H,5-10H2,1-4H3,(H,17,18)/t11-/m1/s1. The molecule has 0 aliphatic carbocycles. The Labute approximate surface area is 120 Å². The minimum absolute atomic E-state index is 0.0152. The predicted octanol–water partition coefficient (Wildman–Crippen LogP) is 1.79. The number of amides is 1. The number of likely N-dealkylation sites (tertiary alicyclic amines) is 1. The van der Waals surface area contributed by atoms with Crippen molar-refractivity contribution in [3.8, 4) is 0 Å². The van der Waals surface area contributed by atoms with E-state index in [0.717, 1.165) is 19.3 Å². The van der Waals surface area contributed by atoms with Crippen LogP contribution in [0.4, 0.5) is 4.79 Å². The van der Waals surface area contributed by atoms with Gasteiger partial charge in [-0.05, 0) is 47.1 Å². The van der Waals surface area contributed by atoms with Crippen LogP contribution in [0.15, 0.2) is 0 Å². The van der Waals surface area contributed by atoms with Gasteiger partial charge in [-0.1, -0.05) is 0 Å². The number of aliphatic carboxylic acids is 1. The minimum Gasteiger partial charge on any atom is -0.480 e. The van der Waals surface area contributed by atoms with Crippen LogP contribution in [0.25, 0.3) is 0 Å². The minimum atomic E-state index is -0.855. The summed E-state index contributed by atoms with van der Waals surface area (Å²) >= 11 is 0. The highest BCUT2D eigenvalue weighted by molar-refractivity contribution is 5.69. The van der Waals surface area contributed by atoms with Gasteiger partial charge in [-0.2, -0.15) is 0 Å². The molecule has 1 rings (SSSR count). The van der Waals surface area contributed by atoms with Gasteiger partial charge >= 0.3 is 12.1 Å². The Morgan fingerprint density at radius 1 is 1.35 bits per heavy atom. The van der Waals surface area contributed by atoms with Crippen molar-refractivity contribution >= 4 is 12.1 Å². The lowest BCUT2D eigenvalue weighted by Crippen LogP contribution is -2.50. The zero-order valence-corrected chi connectivity index (χ0v) is 12.9. The number of piperidine rings is 1. The second-order valence-electron chi connectivity index (χ2n) is 6.41. The van der Waals surface area contributed by atoms with Crippen LogP contribution in [0.5, 0.6) is 0 Å². The lowest BCUT2D eigenvalue weighted by atomic mass is 10.0. The molecule has 20 heavy (non-hydrogen) atoms. The summed E-state index contributed by atoms with van der Waals surface area (Å²) in [7, 11) is 1.76. The van der Waals surface area contributed by atoms with Crippen LogP contribution in [0.1, 0.15) is 40.0 Å². The first kappa shape index (κ1) is 16.8. The first-order valence-electron chi connectivity index (χ1n) is 7.09. The molecule has 0 aromatic rings. The second-order valence-corrected chi connectivity index (χ2v) is 6.41. The van der Waals surface area contributed by atoms with Gasteiger partial charge in [-0.25, -0.2) is 4.79 Å². The molecule has 0 radical (unpaired) electrons. The highest BCUT2D eigenvalue weighted by Crippen LogP contribution is 2.20. The first-order valence-corrected chi connectivity index (χ1v) is 7.09. The molecule has 0 aromatic carbocycles. The van der Waals surface area contributed by atoms with Crippen molar-refractivity contribution in [2.75, 3.05) is 26.7 Å². The van der Waals surface area contributed by atoms with Crippen molar-refractivity contribution < 1.29 is 19.4 Å². The molecule has 1 aliphatic heterocycles. The highest BCUT2D eigenvalue weighted by Gasteiger charge is 2.31. The van der Waals surface area contributed by atoms with Crippen LogP contribution < -0.4 is 0 Å². The third-order valence-corrected chi connectivity index (χ3v) is 3.18. The molecule has 116 valence electrons. The Hall–Kier alpha value is -1.30. The van der Waals surface area contributed by atoms with E-state index in [9.17, 15) is 9.59 Å². The fraction of sp³-hybridized carbons (Fsp3) is 0.857. The number of rotatable bonds is 4. The van der Waals surface area contributed by atoms with E-state index in [1.165, 1.54) is 0 Å². The van der Waals surface area contributed by atoms with Gasteiger partial charge in [0, 0.05) is 19.1 Å². The molecule has 0 aromatic heterocycles. The van der Waals surface area contributed by atoms with Gasteiger partial charge in [0.2, 0.25) is 0 Å². The van der Waals surface area contributed by atoms with E-state index in [1.807, 2.05) is 20.8 Å². The molecule has 0 spiro atoms. The average Bonchev–Trinajstić information content (AvgIpc) is 2.25. The summed E-state index contributed by atoms with van der Waals surface area (Å²) in [5.41, 5.74) is -0.508. The maximum Gasteiger partial charge on any atom is 0.410 e. The predicted molar refractivity (Wildman–Crippen MR) is 75.7 cm³/mol. The van der Waals surface area contributed by atoms with Gasteiger partial charge < -0.3 is 14.7 Å². The van der Waals surface area contributed by atoms with E-state index in [4.69, 9.17) is 9.84 Å². The molecule has 1 heterocycles. The molecule has 0 bridgehead atoms. The first-order chi connectivity index (χ1) is 9.19. The number of carbonyl (C=O) groups is 2. The van der Waals surface area contributed by atoms with E-state index in [1.54, 1.807) is 16.8 Å². The third kappa shape index (κ3) is 5.77. The van der Waals surface area contributed by atoms with E-state index in [-0.39, 0.29) is 18.7 Å². The van der Waals surface area contributed by atoms with Crippen molar-refractivity contribution in [3.63, 3.8) is 0 Å². The quantitative estimate of drug-likeness (QED) is 0.853. The van der Waals surface area contributed by atoms with Crippen LogP contribution in [-0.2, 0) is 9.53 Å². The fourth-order valence-corrected chi connectivity index (χ4v) is 2.41. The Morgan fingerprint density at radius 3 is 2.55 bits per heavy atom. The zero-order chi connectivity index (χ0) is 15.3. The van der Waals surface area contributed by atoms with Gasteiger partial charge in [0.05, 0.1) is 6.54 Å². The highest BCUT2D eigenvalue weighted by atomic mass is 16.6. The van der Waals surface area contributed by atoms with Gasteiger partial charge in [-0.15, -0.1) is 0 Å². The van der Waals surface area contributed by atoms with E-state index in [0.29, 0.717) is 13.1 Å². The molecule has 1 aliphatic rings. The number of likely N-dealkylation sites (N-methyl/N-ethyl adjacent to an activating group) is 1. The number of ether oxygens (including phenoxy) is 1. The smallest absolute Gasteiger partial charge is 0.410 e. The largest absolute Gasteiger partial charge is 0.480 e. The van der Waals surface area contributed by atoms with Crippen LogP contribution >= 0.6 is 0 Å². The van der Waals surface area contributed by atoms with Gasteiger partial charge in [0.25, 0.3) is 0 Å². The van der Waals surface area contributed by atoms with Gasteiger partial charge in [-0.3, -0.25) is 9.69 Å². The zero-order valence-electron chi connectivity index (χ0n) is 12.9. The lowest BCUT2D eigenvalue weighted by molar-refractivity contribution is -0.138. The monoisotopic (exact) mass is 286 g/mol. The van der Waals surface area contributed by atoms with E-state index >= 15 is 0 Å². The lowest BCUT2D eigenvalue weighted by Gasteiger charge is -2.38. The number of hydrogen-bond donors (Lipinski definition) is 1. The van der Waals surface area contributed by atoms with Gasteiger partial charge in [0.15, 0.2) is 0 Å². The normalized spacial score (nSPS) is 20.1. The summed E-state index contributed by atoms with van der Waals surface area (Å²) < 4.78 is 5.42. The van der Waals surface area contributed by atoms with E-state index in [2.05, 4.69) is 0 Å². The second kappa shape index (κ2) is 6.92. The molecular formula is C14H26N2O4. The molecule has 6 heteroatoms. The molecule has 6 nitrogen and oxygen atoms in total. The summed E-state index contributed by atoms with van der Waals surface area (Å²) in [6.07, 6.45) is 2.62. The maximum absolute atomic E-state index is 12.2. The third-order valence-electron chi connectivity index (χ3n) is 3.18. The van der Waals surface area contributed by atoms with Crippen LogP contribution in [0.3, 0.4) is 0 Å². The Kier molecular flexibility index (Phi) is 5.80. The fourth-order valence-electron chi connectivity index (χ4n) is 2.41.